The van der Waals surface area contributed by atoms with Crippen LogP contribution in [0.5, 0.6) is 0 Å². The van der Waals surface area contributed by atoms with E-state index in [9.17, 15) is 12.8 Å². The molecule has 0 unspecified atom stereocenters. The number of hydrogen-bond donors (Lipinski definition) is 1. The molecule has 1 N–H and O–H groups in total. The normalized spacial score (nSPS) is 11.6. The molecule has 0 fully saturated rings. The summed E-state index contributed by atoms with van der Waals surface area (Å²) in [6, 6.07) is 9.83. The van der Waals surface area contributed by atoms with Crippen LogP contribution in [-0.2, 0) is 16.6 Å². The number of sulfonamides is 1. The van der Waals surface area contributed by atoms with Gasteiger partial charge in [-0.15, -0.1) is 5.10 Å². The molecule has 0 aliphatic rings. The van der Waals surface area contributed by atoms with E-state index in [1.54, 1.807) is 51.1 Å². The molecule has 2 aromatic carbocycles. The zero-order valence-corrected chi connectivity index (χ0v) is 17.4. The number of hydrogen-bond acceptors (Lipinski definition) is 4. The highest BCUT2D eigenvalue weighted by atomic mass is 79.9. The Labute approximate surface area is 165 Å². The van der Waals surface area contributed by atoms with E-state index in [1.165, 1.54) is 10.7 Å². The zero-order valence-electron chi connectivity index (χ0n) is 15.0. The van der Waals surface area contributed by atoms with Gasteiger partial charge in [-0.25, -0.2) is 17.5 Å². The summed E-state index contributed by atoms with van der Waals surface area (Å²) in [7, 11) is -3.84. The van der Waals surface area contributed by atoms with Crippen LogP contribution in [0, 0.1) is 26.6 Å². The Morgan fingerprint density at radius 1 is 1.15 bits per heavy atom. The van der Waals surface area contributed by atoms with Crippen molar-refractivity contribution in [2.24, 2.45) is 0 Å². The summed E-state index contributed by atoms with van der Waals surface area (Å²) in [5, 5.41) is 7.87. The van der Waals surface area contributed by atoms with Gasteiger partial charge in [0.05, 0.1) is 17.1 Å². The minimum atomic E-state index is -3.84. The van der Waals surface area contributed by atoms with E-state index in [0.29, 0.717) is 22.4 Å². The molecule has 6 nitrogen and oxygen atoms in total. The fourth-order valence-corrected chi connectivity index (χ4v) is 5.09. The van der Waals surface area contributed by atoms with Crippen molar-refractivity contribution in [3.63, 3.8) is 0 Å². The largest absolute Gasteiger partial charge is 0.263 e. The summed E-state index contributed by atoms with van der Waals surface area (Å²) in [4.78, 5) is 0.203. The van der Waals surface area contributed by atoms with Gasteiger partial charge in [-0.1, -0.05) is 39.3 Å². The lowest BCUT2D eigenvalue weighted by Gasteiger charge is -2.12. The van der Waals surface area contributed by atoms with Gasteiger partial charge < -0.3 is 0 Å². The van der Waals surface area contributed by atoms with Crippen LogP contribution < -0.4 is 4.72 Å². The smallest absolute Gasteiger partial charge is 0.260 e. The maximum atomic E-state index is 13.9. The second-order valence-electron chi connectivity index (χ2n) is 6.25. The van der Waals surface area contributed by atoms with Crippen molar-refractivity contribution in [2.75, 3.05) is 4.72 Å². The minimum Gasteiger partial charge on any atom is -0.260 e. The molecule has 0 aliphatic heterocycles. The highest BCUT2D eigenvalue weighted by Crippen LogP contribution is 2.27. The third-order valence-electron chi connectivity index (χ3n) is 4.19. The van der Waals surface area contributed by atoms with E-state index in [1.807, 2.05) is 0 Å². The lowest BCUT2D eigenvalue weighted by molar-refractivity contribution is 0.571. The Morgan fingerprint density at radius 2 is 1.78 bits per heavy atom. The van der Waals surface area contributed by atoms with Crippen LogP contribution in [0.4, 0.5) is 10.2 Å². The average molecular weight is 453 g/mol. The molecule has 3 rings (SSSR count). The summed E-state index contributed by atoms with van der Waals surface area (Å²) in [5.74, 6) is -0.233. The quantitative estimate of drug-likeness (QED) is 0.635. The van der Waals surface area contributed by atoms with Crippen molar-refractivity contribution in [3.8, 4) is 0 Å². The van der Waals surface area contributed by atoms with Crippen LogP contribution in [0.3, 0.4) is 0 Å². The van der Waals surface area contributed by atoms with Gasteiger partial charge in [-0.05, 0) is 50.1 Å². The van der Waals surface area contributed by atoms with Crippen LogP contribution >= 0.6 is 15.9 Å². The van der Waals surface area contributed by atoms with Gasteiger partial charge in [-0.2, -0.15) is 0 Å². The summed E-state index contributed by atoms with van der Waals surface area (Å²) < 4.78 is 44.3. The molecule has 1 heterocycles. The number of aryl methyl sites for hydroxylation is 2. The molecule has 0 aliphatic carbocycles. The first-order valence-corrected chi connectivity index (χ1v) is 10.4. The van der Waals surface area contributed by atoms with Crippen LogP contribution in [-0.4, -0.2) is 23.4 Å². The number of nitrogens with one attached hydrogen (secondary N) is 1. The van der Waals surface area contributed by atoms with Gasteiger partial charge in [0.25, 0.3) is 10.0 Å². The van der Waals surface area contributed by atoms with E-state index >= 15 is 0 Å². The van der Waals surface area contributed by atoms with Crippen molar-refractivity contribution in [3.05, 3.63) is 69.1 Å². The van der Waals surface area contributed by atoms with Crippen LogP contribution in [0.25, 0.3) is 0 Å². The summed E-state index contributed by atoms with van der Waals surface area (Å²) in [6.45, 7) is 5.30. The molecular weight excluding hydrogens is 435 g/mol. The Kier molecular flexibility index (Phi) is 5.34. The van der Waals surface area contributed by atoms with Gasteiger partial charge in [0.1, 0.15) is 5.82 Å². The van der Waals surface area contributed by atoms with Gasteiger partial charge in [0.2, 0.25) is 0 Å². The minimum absolute atomic E-state index is 0.119. The topological polar surface area (TPSA) is 76.9 Å². The Morgan fingerprint density at radius 3 is 2.41 bits per heavy atom. The molecule has 0 bridgehead atoms. The van der Waals surface area contributed by atoms with Crippen molar-refractivity contribution in [1.29, 1.82) is 0 Å². The van der Waals surface area contributed by atoms with Crippen molar-refractivity contribution in [1.82, 2.24) is 15.0 Å². The Bertz CT molecular complexity index is 1090. The molecule has 9 heteroatoms. The van der Waals surface area contributed by atoms with Gasteiger partial charge in [0.15, 0.2) is 5.82 Å². The molecular formula is C18H18BrFN4O2S. The highest BCUT2D eigenvalue weighted by Gasteiger charge is 2.23. The highest BCUT2D eigenvalue weighted by molar-refractivity contribution is 9.10. The molecule has 0 saturated carbocycles. The predicted molar refractivity (Wildman–Crippen MR) is 105 cm³/mol. The monoisotopic (exact) mass is 452 g/mol. The predicted octanol–water partition coefficient (Wildman–Crippen LogP) is 3.95. The molecule has 0 saturated heterocycles. The van der Waals surface area contributed by atoms with Crippen molar-refractivity contribution >= 4 is 31.8 Å². The lowest BCUT2D eigenvalue weighted by atomic mass is 10.2. The van der Waals surface area contributed by atoms with E-state index < -0.39 is 10.0 Å². The van der Waals surface area contributed by atoms with E-state index in [0.717, 1.165) is 4.47 Å². The number of nitrogens with zero attached hydrogens (tertiary/aromatic N) is 3. The average Bonchev–Trinajstić information content (AvgIpc) is 2.88. The lowest BCUT2D eigenvalue weighted by Crippen LogP contribution is -2.17. The maximum absolute atomic E-state index is 13.9. The second-order valence-corrected chi connectivity index (χ2v) is 8.78. The number of anilines is 1. The molecule has 1 aromatic heterocycles. The Hall–Kier alpha value is -2.26. The molecule has 0 atom stereocenters. The summed E-state index contributed by atoms with van der Waals surface area (Å²) in [6.07, 6.45) is 0. The number of rotatable bonds is 5. The van der Waals surface area contributed by atoms with E-state index in [-0.39, 0.29) is 23.1 Å². The molecule has 0 amide bonds. The number of halogens is 2. The fraction of sp³-hybridized carbons (Fsp3) is 0.222. The molecule has 0 radical (unpaired) electrons. The number of aromatic nitrogens is 3. The van der Waals surface area contributed by atoms with Crippen molar-refractivity contribution in [2.45, 2.75) is 32.2 Å². The van der Waals surface area contributed by atoms with Gasteiger partial charge >= 0.3 is 0 Å². The first-order chi connectivity index (χ1) is 12.7. The first kappa shape index (κ1) is 19.5. The summed E-state index contributed by atoms with van der Waals surface area (Å²) in [5.41, 5.74) is 2.17. The third-order valence-corrected chi connectivity index (χ3v) is 6.29. The van der Waals surface area contributed by atoms with Gasteiger partial charge in [-0.3, -0.25) is 4.72 Å². The van der Waals surface area contributed by atoms with E-state index in [4.69, 9.17) is 0 Å². The molecule has 0 spiro atoms. The summed E-state index contributed by atoms with van der Waals surface area (Å²) >= 11 is 3.36. The molecule has 3 aromatic rings. The Balaban J connectivity index is 1.91. The maximum Gasteiger partial charge on any atom is 0.263 e. The SMILES string of the molecule is Cc1cc(Br)cc(C)c1S(=O)(=O)Nc1nnn(Cc2ccccc2F)c1C. The third kappa shape index (κ3) is 4.03. The van der Waals surface area contributed by atoms with Crippen LogP contribution in [0.15, 0.2) is 45.8 Å². The van der Waals surface area contributed by atoms with Gasteiger partial charge in [0, 0.05) is 10.0 Å². The van der Waals surface area contributed by atoms with Crippen molar-refractivity contribution < 1.29 is 12.8 Å². The zero-order chi connectivity index (χ0) is 19.8. The molecule has 27 heavy (non-hydrogen) atoms. The first-order valence-electron chi connectivity index (χ1n) is 8.12. The molecule has 142 valence electrons. The van der Waals surface area contributed by atoms with Crippen LogP contribution in [0.1, 0.15) is 22.4 Å². The second kappa shape index (κ2) is 7.40. The standard InChI is InChI=1S/C18H18BrFN4O2S/c1-11-8-15(19)9-12(2)17(11)27(25,26)22-18-13(3)24(23-21-18)10-14-6-4-5-7-16(14)20/h4-9,22H,10H2,1-3H3. The van der Waals surface area contributed by atoms with E-state index in [2.05, 4.69) is 31.0 Å². The fourth-order valence-electron chi connectivity index (χ4n) is 2.89. The number of benzene rings is 2. The van der Waals surface area contributed by atoms with Crippen LogP contribution in [0.2, 0.25) is 0 Å².